The van der Waals surface area contributed by atoms with E-state index in [1.807, 2.05) is 12.1 Å². The van der Waals surface area contributed by atoms with E-state index in [0.29, 0.717) is 23.6 Å². The Hall–Kier alpha value is -2.83. The first-order valence-corrected chi connectivity index (χ1v) is 7.58. The number of halogens is 2. The SMILES string of the molecule is COc1cccc(CCC(=O)Nc2ccc(OC(F)F)cc2)c1OC. The van der Waals surface area contributed by atoms with Crippen LogP contribution in [0.4, 0.5) is 14.5 Å². The summed E-state index contributed by atoms with van der Waals surface area (Å²) >= 11 is 0. The van der Waals surface area contributed by atoms with Crippen molar-refractivity contribution in [3.8, 4) is 17.2 Å². The van der Waals surface area contributed by atoms with Crippen LogP contribution in [0.3, 0.4) is 0 Å². The molecule has 2 aromatic carbocycles. The third kappa shape index (κ3) is 5.34. The van der Waals surface area contributed by atoms with E-state index >= 15 is 0 Å². The van der Waals surface area contributed by atoms with Gasteiger partial charge >= 0.3 is 6.61 Å². The summed E-state index contributed by atoms with van der Waals surface area (Å²) in [5.41, 5.74) is 1.36. The van der Waals surface area contributed by atoms with Crippen molar-refractivity contribution in [2.24, 2.45) is 0 Å². The number of para-hydroxylation sites is 1. The van der Waals surface area contributed by atoms with Crippen molar-refractivity contribution in [3.05, 3.63) is 48.0 Å². The van der Waals surface area contributed by atoms with Gasteiger partial charge in [0.05, 0.1) is 14.2 Å². The second-order valence-electron chi connectivity index (χ2n) is 5.10. The molecule has 0 aliphatic rings. The lowest BCUT2D eigenvalue weighted by Gasteiger charge is -2.12. The Morgan fingerprint density at radius 1 is 1.08 bits per heavy atom. The van der Waals surface area contributed by atoms with E-state index in [1.54, 1.807) is 20.3 Å². The molecule has 2 rings (SSSR count). The predicted octanol–water partition coefficient (Wildman–Crippen LogP) is 3.88. The lowest BCUT2D eigenvalue weighted by molar-refractivity contribution is -0.116. The number of methoxy groups -OCH3 is 2. The molecule has 1 N–H and O–H groups in total. The zero-order valence-electron chi connectivity index (χ0n) is 13.9. The molecule has 0 saturated heterocycles. The van der Waals surface area contributed by atoms with Crippen LogP contribution >= 0.6 is 0 Å². The largest absolute Gasteiger partial charge is 0.493 e. The molecule has 134 valence electrons. The number of carbonyl (C=O) groups excluding carboxylic acids is 1. The van der Waals surface area contributed by atoms with Crippen molar-refractivity contribution < 1.29 is 27.8 Å². The lowest BCUT2D eigenvalue weighted by Crippen LogP contribution is -2.12. The Balaban J connectivity index is 1.93. The molecule has 0 bridgehead atoms. The molecule has 0 aliphatic carbocycles. The molecule has 25 heavy (non-hydrogen) atoms. The Labute approximate surface area is 144 Å². The van der Waals surface area contributed by atoms with E-state index < -0.39 is 6.61 Å². The maximum absolute atomic E-state index is 12.1. The lowest BCUT2D eigenvalue weighted by atomic mass is 10.1. The van der Waals surface area contributed by atoms with E-state index in [1.165, 1.54) is 24.3 Å². The molecular weight excluding hydrogens is 332 g/mol. The Kier molecular flexibility index (Phi) is 6.56. The minimum atomic E-state index is -2.88. The van der Waals surface area contributed by atoms with Gasteiger partial charge in [-0.2, -0.15) is 8.78 Å². The normalized spacial score (nSPS) is 10.4. The van der Waals surface area contributed by atoms with Gasteiger partial charge in [-0.1, -0.05) is 12.1 Å². The molecular formula is C18H19F2NO4. The molecule has 0 spiro atoms. The van der Waals surface area contributed by atoms with Gasteiger partial charge in [-0.3, -0.25) is 4.79 Å². The van der Waals surface area contributed by atoms with Gasteiger partial charge in [-0.15, -0.1) is 0 Å². The molecule has 0 saturated carbocycles. The molecule has 0 heterocycles. The second-order valence-corrected chi connectivity index (χ2v) is 5.10. The van der Waals surface area contributed by atoms with E-state index in [0.717, 1.165) is 5.56 Å². The number of alkyl halides is 2. The number of hydrogen-bond acceptors (Lipinski definition) is 4. The zero-order valence-corrected chi connectivity index (χ0v) is 13.9. The first kappa shape index (κ1) is 18.5. The summed E-state index contributed by atoms with van der Waals surface area (Å²) in [6.07, 6.45) is 0.706. The van der Waals surface area contributed by atoms with Crippen LogP contribution in [0.2, 0.25) is 0 Å². The average molecular weight is 351 g/mol. The smallest absolute Gasteiger partial charge is 0.387 e. The van der Waals surface area contributed by atoms with Gasteiger partial charge in [-0.05, 0) is 42.3 Å². The van der Waals surface area contributed by atoms with E-state index in [4.69, 9.17) is 9.47 Å². The van der Waals surface area contributed by atoms with Crippen LogP contribution in [0, 0.1) is 0 Å². The van der Waals surface area contributed by atoms with Gasteiger partial charge in [0.25, 0.3) is 0 Å². The molecule has 0 fully saturated rings. The maximum Gasteiger partial charge on any atom is 0.387 e. The summed E-state index contributed by atoms with van der Waals surface area (Å²) in [6, 6.07) is 11.2. The van der Waals surface area contributed by atoms with Crippen molar-refractivity contribution in [1.82, 2.24) is 0 Å². The summed E-state index contributed by atoms with van der Waals surface area (Å²) in [7, 11) is 3.10. The number of aryl methyl sites for hydroxylation is 1. The summed E-state index contributed by atoms with van der Waals surface area (Å²) < 4.78 is 39.0. The van der Waals surface area contributed by atoms with Crippen molar-refractivity contribution >= 4 is 11.6 Å². The third-order valence-corrected chi connectivity index (χ3v) is 3.47. The Morgan fingerprint density at radius 2 is 1.80 bits per heavy atom. The van der Waals surface area contributed by atoms with E-state index in [2.05, 4.69) is 10.1 Å². The van der Waals surface area contributed by atoms with Crippen LogP contribution in [-0.2, 0) is 11.2 Å². The molecule has 0 aliphatic heterocycles. The van der Waals surface area contributed by atoms with Gasteiger partial charge in [0.15, 0.2) is 11.5 Å². The van der Waals surface area contributed by atoms with E-state index in [-0.39, 0.29) is 18.1 Å². The minimum Gasteiger partial charge on any atom is -0.493 e. The fraction of sp³-hybridized carbons (Fsp3) is 0.278. The topological polar surface area (TPSA) is 56.8 Å². The van der Waals surface area contributed by atoms with Crippen LogP contribution in [0.25, 0.3) is 0 Å². The maximum atomic E-state index is 12.1. The standard InChI is InChI=1S/C18H19F2NO4/c1-23-15-5-3-4-12(17(15)24-2)6-11-16(22)21-13-7-9-14(10-8-13)25-18(19)20/h3-5,7-10,18H,6,11H2,1-2H3,(H,21,22). The van der Waals surface area contributed by atoms with Gasteiger partial charge in [0, 0.05) is 12.1 Å². The molecule has 2 aromatic rings. The highest BCUT2D eigenvalue weighted by atomic mass is 19.3. The molecule has 1 amide bonds. The van der Waals surface area contributed by atoms with Crippen LogP contribution in [-0.4, -0.2) is 26.7 Å². The highest BCUT2D eigenvalue weighted by molar-refractivity contribution is 5.90. The highest BCUT2D eigenvalue weighted by Gasteiger charge is 2.11. The summed E-state index contributed by atoms with van der Waals surface area (Å²) in [5, 5.41) is 2.70. The van der Waals surface area contributed by atoms with Crippen LogP contribution in [0.5, 0.6) is 17.2 Å². The van der Waals surface area contributed by atoms with Crippen molar-refractivity contribution in [1.29, 1.82) is 0 Å². The van der Waals surface area contributed by atoms with Crippen LogP contribution in [0.1, 0.15) is 12.0 Å². The van der Waals surface area contributed by atoms with Gasteiger partial charge < -0.3 is 19.5 Å². The quantitative estimate of drug-likeness (QED) is 0.784. The molecule has 0 aromatic heterocycles. The summed E-state index contributed by atoms with van der Waals surface area (Å²) in [4.78, 5) is 12.1. The molecule has 5 nitrogen and oxygen atoms in total. The molecule has 7 heteroatoms. The number of ether oxygens (including phenoxy) is 3. The first-order chi connectivity index (χ1) is 12.0. The summed E-state index contributed by atoms with van der Waals surface area (Å²) in [5.74, 6) is 1.04. The molecule has 0 atom stereocenters. The second kappa shape index (κ2) is 8.86. The van der Waals surface area contributed by atoms with Crippen molar-refractivity contribution in [2.45, 2.75) is 19.5 Å². The van der Waals surface area contributed by atoms with Gasteiger partial charge in [0.1, 0.15) is 5.75 Å². The molecule has 0 radical (unpaired) electrons. The number of hydrogen-bond donors (Lipinski definition) is 1. The van der Waals surface area contributed by atoms with Gasteiger partial charge in [0.2, 0.25) is 5.91 Å². The zero-order chi connectivity index (χ0) is 18.2. The minimum absolute atomic E-state index is 0.0362. The van der Waals surface area contributed by atoms with Crippen molar-refractivity contribution in [2.75, 3.05) is 19.5 Å². The van der Waals surface area contributed by atoms with Crippen LogP contribution in [0.15, 0.2) is 42.5 Å². The fourth-order valence-corrected chi connectivity index (χ4v) is 2.34. The summed E-state index contributed by atoms with van der Waals surface area (Å²) in [6.45, 7) is -2.88. The third-order valence-electron chi connectivity index (χ3n) is 3.47. The number of anilines is 1. The molecule has 0 unspecified atom stereocenters. The monoisotopic (exact) mass is 351 g/mol. The van der Waals surface area contributed by atoms with E-state index in [9.17, 15) is 13.6 Å². The number of amides is 1. The van der Waals surface area contributed by atoms with Crippen molar-refractivity contribution in [3.63, 3.8) is 0 Å². The Morgan fingerprint density at radius 3 is 2.40 bits per heavy atom. The van der Waals surface area contributed by atoms with Gasteiger partial charge in [-0.25, -0.2) is 0 Å². The number of carbonyl (C=O) groups is 1. The number of rotatable bonds is 8. The number of benzene rings is 2. The fourth-order valence-electron chi connectivity index (χ4n) is 2.34. The predicted molar refractivity (Wildman–Crippen MR) is 89.6 cm³/mol. The Bertz CT molecular complexity index is 705. The number of nitrogens with one attached hydrogen (secondary N) is 1. The van der Waals surface area contributed by atoms with Crippen LogP contribution < -0.4 is 19.5 Å². The first-order valence-electron chi connectivity index (χ1n) is 7.58. The average Bonchev–Trinajstić information content (AvgIpc) is 2.60. The highest BCUT2D eigenvalue weighted by Crippen LogP contribution is 2.31.